The van der Waals surface area contributed by atoms with Gasteiger partial charge in [-0.3, -0.25) is 4.98 Å². The Hall–Kier alpha value is -2.61. The van der Waals surface area contributed by atoms with E-state index in [0.29, 0.717) is 6.54 Å². The summed E-state index contributed by atoms with van der Waals surface area (Å²) in [7, 11) is 0. The molecule has 0 aliphatic carbocycles. The van der Waals surface area contributed by atoms with Gasteiger partial charge in [-0.05, 0) is 12.1 Å². The van der Waals surface area contributed by atoms with Crippen LogP contribution in [-0.2, 0) is 6.54 Å². The molecule has 1 aromatic carbocycles. The summed E-state index contributed by atoms with van der Waals surface area (Å²) in [5.41, 5.74) is 7.21. The molecule has 0 aliphatic rings. The molecule has 1 heterocycles. The summed E-state index contributed by atoms with van der Waals surface area (Å²) >= 11 is 0. The predicted molar refractivity (Wildman–Crippen MR) is 65.8 cm³/mol. The predicted octanol–water partition coefficient (Wildman–Crippen LogP) is 1.12. The first-order valence-corrected chi connectivity index (χ1v) is 5.10. The molecular weight excluding hydrogens is 214 g/mol. The number of nitrogens with two attached hydrogens (primary N) is 1. The fourth-order valence-electron chi connectivity index (χ4n) is 1.48. The van der Waals surface area contributed by atoms with Gasteiger partial charge in [0.05, 0.1) is 17.8 Å². The number of nitrogens with zero attached hydrogens (tertiary/aromatic N) is 3. The smallest absolute Gasteiger partial charge is 0.209 e. The molecular formula is C12H11N5. The van der Waals surface area contributed by atoms with Crippen LogP contribution in [0.4, 0.5) is 0 Å². The van der Waals surface area contributed by atoms with Gasteiger partial charge in [-0.2, -0.15) is 5.26 Å². The van der Waals surface area contributed by atoms with E-state index in [2.05, 4.69) is 15.3 Å². The van der Waals surface area contributed by atoms with Crippen LogP contribution in [-0.4, -0.2) is 10.9 Å². The molecule has 84 valence electrons. The van der Waals surface area contributed by atoms with Crippen LogP contribution in [0.15, 0.2) is 41.4 Å². The van der Waals surface area contributed by atoms with Crippen molar-refractivity contribution in [3.8, 4) is 6.19 Å². The van der Waals surface area contributed by atoms with Crippen LogP contribution >= 0.6 is 0 Å². The van der Waals surface area contributed by atoms with Gasteiger partial charge in [0.2, 0.25) is 12.2 Å². The van der Waals surface area contributed by atoms with E-state index in [9.17, 15) is 0 Å². The standard InChI is InChI=1S/C12H11N5/c13-8-16-12(14)15-7-10-6-5-9-3-1-2-4-11(9)17-10/h1-6H,7H2,(H3,14,15,16). The maximum Gasteiger partial charge on any atom is 0.209 e. The summed E-state index contributed by atoms with van der Waals surface area (Å²) in [5.74, 6) is 0.0995. The van der Waals surface area contributed by atoms with Crippen molar-refractivity contribution in [3.63, 3.8) is 0 Å². The van der Waals surface area contributed by atoms with E-state index in [0.717, 1.165) is 16.6 Å². The molecule has 3 N–H and O–H groups in total. The molecule has 5 nitrogen and oxygen atoms in total. The van der Waals surface area contributed by atoms with Crippen molar-refractivity contribution in [1.29, 1.82) is 5.26 Å². The number of aliphatic imine (C=N–C) groups is 1. The van der Waals surface area contributed by atoms with Gasteiger partial charge in [0.1, 0.15) is 0 Å². The Morgan fingerprint density at radius 3 is 3.00 bits per heavy atom. The second-order valence-corrected chi connectivity index (χ2v) is 3.45. The summed E-state index contributed by atoms with van der Waals surface area (Å²) in [4.78, 5) is 7.81. The lowest BCUT2D eigenvalue weighted by Gasteiger charge is -2.04. The molecule has 0 fully saturated rings. The topological polar surface area (TPSA) is 87.1 Å². The fourth-order valence-corrected chi connectivity index (χ4v) is 1.48. The average molecular weight is 225 g/mol. The van der Waals surface area contributed by atoms with Crippen LogP contribution < -0.4 is 11.1 Å². The van der Waals surface area contributed by atoms with E-state index in [1.165, 1.54) is 0 Å². The third kappa shape index (κ3) is 2.69. The summed E-state index contributed by atoms with van der Waals surface area (Å²) in [6.45, 7) is 0.446. The molecule has 1 aromatic heterocycles. The molecule has 0 saturated heterocycles. The van der Waals surface area contributed by atoms with E-state index in [1.54, 1.807) is 6.19 Å². The molecule has 0 aliphatic heterocycles. The molecule has 0 amide bonds. The van der Waals surface area contributed by atoms with Crippen LogP contribution in [0.3, 0.4) is 0 Å². The molecule has 2 aromatic rings. The van der Waals surface area contributed by atoms with Crippen LogP contribution in [0.2, 0.25) is 0 Å². The van der Waals surface area contributed by atoms with Crippen molar-refractivity contribution < 1.29 is 0 Å². The first-order valence-electron chi connectivity index (χ1n) is 5.10. The Morgan fingerprint density at radius 2 is 2.18 bits per heavy atom. The zero-order valence-electron chi connectivity index (χ0n) is 9.09. The Kier molecular flexibility index (Phi) is 3.17. The highest BCUT2D eigenvalue weighted by Crippen LogP contribution is 2.11. The number of aromatic nitrogens is 1. The van der Waals surface area contributed by atoms with Crippen LogP contribution in [0.25, 0.3) is 10.9 Å². The number of benzene rings is 1. The quantitative estimate of drug-likeness (QED) is 0.455. The fraction of sp³-hybridized carbons (Fsp3) is 0.0833. The number of guanidine groups is 1. The molecule has 0 radical (unpaired) electrons. The average Bonchev–Trinajstić information content (AvgIpc) is 2.36. The monoisotopic (exact) mass is 225 g/mol. The number of hydrogen-bond donors (Lipinski definition) is 2. The van der Waals surface area contributed by atoms with E-state index in [4.69, 9.17) is 11.0 Å². The van der Waals surface area contributed by atoms with Crippen LogP contribution in [0.1, 0.15) is 5.69 Å². The van der Waals surface area contributed by atoms with E-state index < -0.39 is 0 Å². The number of rotatable bonds is 2. The highest BCUT2D eigenvalue weighted by molar-refractivity contribution is 5.79. The van der Waals surface area contributed by atoms with Crippen molar-refractivity contribution in [1.82, 2.24) is 10.3 Å². The third-order valence-corrected chi connectivity index (χ3v) is 2.28. The Bertz CT molecular complexity index is 597. The molecule has 0 saturated carbocycles. The van der Waals surface area contributed by atoms with Crippen LogP contribution in [0.5, 0.6) is 0 Å². The second-order valence-electron chi connectivity index (χ2n) is 3.45. The van der Waals surface area contributed by atoms with Gasteiger partial charge < -0.3 is 11.1 Å². The number of hydrogen-bond acceptors (Lipinski definition) is 3. The minimum atomic E-state index is 0.0995. The maximum atomic E-state index is 8.30. The number of para-hydroxylation sites is 1. The molecule has 0 unspecified atom stereocenters. The van der Waals surface area contributed by atoms with Gasteiger partial charge in [0.15, 0.2) is 0 Å². The van der Waals surface area contributed by atoms with Gasteiger partial charge in [-0.25, -0.2) is 0 Å². The van der Waals surface area contributed by atoms with Gasteiger partial charge >= 0.3 is 0 Å². The normalized spacial score (nSPS) is 11.1. The second kappa shape index (κ2) is 4.94. The van der Waals surface area contributed by atoms with Gasteiger partial charge in [-0.15, -0.1) is 4.99 Å². The van der Waals surface area contributed by atoms with Crippen molar-refractivity contribution in [2.75, 3.05) is 0 Å². The summed E-state index contributed by atoms with van der Waals surface area (Å²) in [6, 6.07) is 11.8. The van der Waals surface area contributed by atoms with E-state index >= 15 is 0 Å². The van der Waals surface area contributed by atoms with Gasteiger partial charge in [-0.1, -0.05) is 24.3 Å². The number of nitriles is 1. The molecule has 0 spiro atoms. The molecule has 0 bridgehead atoms. The summed E-state index contributed by atoms with van der Waals surface area (Å²) in [6.07, 6.45) is 1.61. The van der Waals surface area contributed by atoms with E-state index in [1.807, 2.05) is 36.4 Å². The summed E-state index contributed by atoms with van der Waals surface area (Å²) in [5, 5.41) is 12.2. The number of pyridine rings is 1. The van der Waals surface area contributed by atoms with E-state index in [-0.39, 0.29) is 5.96 Å². The Labute approximate surface area is 98.6 Å². The first kappa shape index (κ1) is 10.9. The zero-order valence-corrected chi connectivity index (χ0v) is 9.09. The lowest BCUT2D eigenvalue weighted by Crippen LogP contribution is -2.30. The summed E-state index contributed by atoms with van der Waals surface area (Å²) < 4.78 is 0. The van der Waals surface area contributed by atoms with Crippen molar-refractivity contribution >= 4 is 16.9 Å². The molecule has 0 atom stereocenters. The molecule has 17 heavy (non-hydrogen) atoms. The number of fused-ring (bicyclic) bond motifs is 1. The minimum Gasteiger partial charge on any atom is -0.369 e. The highest BCUT2D eigenvalue weighted by atomic mass is 15.1. The lowest BCUT2D eigenvalue weighted by atomic mass is 10.2. The minimum absolute atomic E-state index is 0.0995. The highest BCUT2D eigenvalue weighted by Gasteiger charge is 1.98. The molecule has 5 heteroatoms. The first-order chi connectivity index (χ1) is 8.29. The third-order valence-electron chi connectivity index (χ3n) is 2.28. The van der Waals surface area contributed by atoms with Crippen molar-refractivity contribution in [2.24, 2.45) is 10.7 Å². The van der Waals surface area contributed by atoms with Gasteiger partial charge in [0.25, 0.3) is 0 Å². The SMILES string of the molecule is N#C/N=C(/N)NCc1ccc2ccccc2n1. The lowest BCUT2D eigenvalue weighted by molar-refractivity contribution is 0.872. The zero-order chi connectivity index (χ0) is 12.1. The van der Waals surface area contributed by atoms with Crippen LogP contribution in [0, 0.1) is 11.5 Å². The van der Waals surface area contributed by atoms with Gasteiger partial charge in [0, 0.05) is 5.39 Å². The maximum absolute atomic E-state index is 8.30. The number of nitrogens with one attached hydrogen (secondary N) is 1. The Balaban J connectivity index is 2.15. The van der Waals surface area contributed by atoms with Crippen molar-refractivity contribution in [2.45, 2.75) is 6.54 Å². The Morgan fingerprint density at radius 1 is 1.35 bits per heavy atom. The molecule has 2 rings (SSSR count). The van der Waals surface area contributed by atoms with Crippen molar-refractivity contribution in [3.05, 3.63) is 42.1 Å². The largest absolute Gasteiger partial charge is 0.369 e.